The van der Waals surface area contributed by atoms with Gasteiger partial charge in [-0.15, -0.1) is 0 Å². The van der Waals surface area contributed by atoms with E-state index in [9.17, 15) is 13.2 Å². The zero-order valence-electron chi connectivity index (χ0n) is 16.5. The zero-order valence-corrected chi connectivity index (χ0v) is 17.3. The molecule has 1 atom stereocenters. The fourth-order valence-corrected chi connectivity index (χ4v) is 4.76. The molecule has 152 valence electrons. The Morgan fingerprint density at radius 2 is 1.89 bits per heavy atom. The van der Waals surface area contributed by atoms with Crippen LogP contribution in [0.4, 0.5) is 0 Å². The van der Waals surface area contributed by atoms with Crippen LogP contribution in [0.2, 0.25) is 0 Å². The van der Waals surface area contributed by atoms with E-state index < -0.39 is 10.0 Å². The summed E-state index contributed by atoms with van der Waals surface area (Å²) in [5.41, 5.74) is 0.233. The minimum atomic E-state index is -3.62. The molecule has 1 aromatic rings. The van der Waals surface area contributed by atoms with E-state index in [2.05, 4.69) is 10.6 Å². The molecule has 0 radical (unpaired) electrons. The monoisotopic (exact) mass is 397 g/mol. The number of methoxy groups -OCH3 is 1. The second kappa shape index (κ2) is 10.1. The largest absolute Gasteiger partial charge is 0.496 e. The number of sulfonamides is 1. The Bertz CT molecular complexity index is 728. The molecular formula is C19H31N3O4S. The molecule has 1 saturated heterocycles. The Hall–Kier alpha value is -1.64. The molecule has 1 heterocycles. The second-order valence-electron chi connectivity index (χ2n) is 6.85. The van der Waals surface area contributed by atoms with Crippen LogP contribution in [0.3, 0.4) is 0 Å². The molecule has 2 N–H and O–H groups in total. The first-order chi connectivity index (χ1) is 12.9. The van der Waals surface area contributed by atoms with Crippen LogP contribution in [0.5, 0.6) is 5.75 Å². The van der Waals surface area contributed by atoms with Gasteiger partial charge in [0.2, 0.25) is 10.0 Å². The second-order valence-corrected chi connectivity index (χ2v) is 8.79. The highest BCUT2D eigenvalue weighted by atomic mass is 32.2. The van der Waals surface area contributed by atoms with Crippen LogP contribution in [0.15, 0.2) is 23.1 Å². The molecule has 0 spiro atoms. The van der Waals surface area contributed by atoms with Crippen molar-refractivity contribution in [1.29, 1.82) is 0 Å². The summed E-state index contributed by atoms with van der Waals surface area (Å²) >= 11 is 0. The van der Waals surface area contributed by atoms with Crippen molar-refractivity contribution in [1.82, 2.24) is 14.9 Å². The summed E-state index contributed by atoms with van der Waals surface area (Å²) in [6.45, 7) is 6.27. The summed E-state index contributed by atoms with van der Waals surface area (Å²) in [6, 6.07) is 4.60. The summed E-state index contributed by atoms with van der Waals surface area (Å²) in [7, 11) is -2.15. The van der Waals surface area contributed by atoms with E-state index in [-0.39, 0.29) is 22.4 Å². The van der Waals surface area contributed by atoms with E-state index >= 15 is 0 Å². The van der Waals surface area contributed by atoms with E-state index in [0.717, 1.165) is 32.2 Å². The lowest BCUT2D eigenvalue weighted by molar-refractivity contribution is 0.0947. The lowest BCUT2D eigenvalue weighted by Crippen LogP contribution is -2.39. The number of hydrogen-bond acceptors (Lipinski definition) is 5. The van der Waals surface area contributed by atoms with Crippen LogP contribution in [-0.4, -0.2) is 58.0 Å². The lowest BCUT2D eigenvalue weighted by Gasteiger charge is -2.21. The SMILES string of the molecule is CCN[C@H](C)CNC(=O)c1cc(S(=O)(=O)N2CCCCCC2)ccc1OC. The van der Waals surface area contributed by atoms with E-state index in [0.29, 0.717) is 25.4 Å². The average molecular weight is 398 g/mol. The Morgan fingerprint density at radius 3 is 2.48 bits per heavy atom. The van der Waals surface area contributed by atoms with Crippen molar-refractivity contribution in [2.24, 2.45) is 0 Å². The van der Waals surface area contributed by atoms with Crippen molar-refractivity contribution >= 4 is 15.9 Å². The summed E-state index contributed by atoms with van der Waals surface area (Å²) in [4.78, 5) is 12.8. The fourth-order valence-electron chi connectivity index (χ4n) is 3.22. The summed E-state index contributed by atoms with van der Waals surface area (Å²) in [5.74, 6) is 0.0166. The summed E-state index contributed by atoms with van der Waals surface area (Å²) in [5, 5.41) is 6.05. The van der Waals surface area contributed by atoms with Gasteiger partial charge in [0.05, 0.1) is 17.6 Å². The molecule has 2 rings (SSSR count). The van der Waals surface area contributed by atoms with Gasteiger partial charge in [-0.05, 0) is 44.5 Å². The van der Waals surface area contributed by atoms with Gasteiger partial charge in [-0.3, -0.25) is 4.79 Å². The Kier molecular flexibility index (Phi) is 8.07. The highest BCUT2D eigenvalue weighted by Crippen LogP contribution is 2.26. The van der Waals surface area contributed by atoms with Gasteiger partial charge in [-0.25, -0.2) is 8.42 Å². The molecule has 1 aliphatic heterocycles. The highest BCUT2D eigenvalue weighted by Gasteiger charge is 2.27. The van der Waals surface area contributed by atoms with Gasteiger partial charge in [0.1, 0.15) is 5.75 Å². The number of hydrogen-bond donors (Lipinski definition) is 2. The molecule has 1 aromatic carbocycles. The van der Waals surface area contributed by atoms with Crippen LogP contribution >= 0.6 is 0 Å². The maximum absolute atomic E-state index is 13.0. The number of ether oxygens (including phenoxy) is 1. The van der Waals surface area contributed by atoms with Crippen LogP contribution in [0, 0.1) is 0 Å². The Morgan fingerprint density at radius 1 is 1.22 bits per heavy atom. The highest BCUT2D eigenvalue weighted by molar-refractivity contribution is 7.89. The standard InChI is InChI=1S/C19H31N3O4S/c1-4-20-15(2)14-21-19(23)17-13-16(9-10-18(17)26-3)27(24,25)22-11-7-5-6-8-12-22/h9-10,13,15,20H,4-8,11-12,14H2,1-3H3,(H,21,23)/t15-/m1/s1. The van der Waals surface area contributed by atoms with Gasteiger partial charge >= 0.3 is 0 Å². The van der Waals surface area contributed by atoms with E-state index in [1.54, 1.807) is 6.07 Å². The topological polar surface area (TPSA) is 87.7 Å². The van der Waals surface area contributed by atoms with E-state index in [1.807, 2.05) is 13.8 Å². The van der Waals surface area contributed by atoms with E-state index in [1.165, 1.54) is 23.5 Å². The first-order valence-corrected chi connectivity index (χ1v) is 11.0. The number of carbonyl (C=O) groups excluding carboxylic acids is 1. The third-order valence-electron chi connectivity index (χ3n) is 4.74. The summed E-state index contributed by atoms with van der Waals surface area (Å²) in [6.07, 6.45) is 3.83. The lowest BCUT2D eigenvalue weighted by atomic mass is 10.2. The van der Waals surface area contributed by atoms with Gasteiger partial charge in [-0.2, -0.15) is 4.31 Å². The molecule has 0 unspecified atom stereocenters. The smallest absolute Gasteiger partial charge is 0.255 e. The number of nitrogens with one attached hydrogen (secondary N) is 2. The molecular weight excluding hydrogens is 366 g/mol. The number of carbonyl (C=O) groups is 1. The predicted octanol–water partition coefficient (Wildman–Crippen LogP) is 1.99. The van der Waals surface area contributed by atoms with Crippen LogP contribution in [0.25, 0.3) is 0 Å². The van der Waals surface area contributed by atoms with Crippen molar-refractivity contribution < 1.29 is 17.9 Å². The molecule has 8 heteroatoms. The Balaban J connectivity index is 2.24. The summed E-state index contributed by atoms with van der Waals surface area (Å²) < 4.78 is 32.8. The molecule has 1 fully saturated rings. The molecule has 27 heavy (non-hydrogen) atoms. The first kappa shape index (κ1) is 21.7. The average Bonchev–Trinajstić information content (AvgIpc) is 2.96. The van der Waals surface area contributed by atoms with Crippen molar-refractivity contribution in [2.45, 2.75) is 50.5 Å². The van der Waals surface area contributed by atoms with Gasteiger partial charge < -0.3 is 15.4 Å². The van der Waals surface area contributed by atoms with Gasteiger partial charge in [0, 0.05) is 25.7 Å². The number of nitrogens with zero attached hydrogens (tertiary/aromatic N) is 1. The Labute approximate surface area is 162 Å². The molecule has 0 bridgehead atoms. The minimum Gasteiger partial charge on any atom is -0.496 e. The number of likely N-dealkylation sites (N-methyl/N-ethyl adjacent to an activating group) is 1. The molecule has 1 amide bonds. The van der Waals surface area contributed by atoms with Crippen LogP contribution in [0.1, 0.15) is 49.9 Å². The van der Waals surface area contributed by atoms with Gasteiger partial charge in [-0.1, -0.05) is 19.8 Å². The molecule has 1 aliphatic rings. The quantitative estimate of drug-likeness (QED) is 0.700. The molecule has 7 nitrogen and oxygen atoms in total. The molecule has 0 saturated carbocycles. The minimum absolute atomic E-state index is 0.119. The fraction of sp³-hybridized carbons (Fsp3) is 0.632. The van der Waals surface area contributed by atoms with Crippen molar-refractivity contribution in [3.8, 4) is 5.75 Å². The van der Waals surface area contributed by atoms with Gasteiger partial charge in [0.25, 0.3) is 5.91 Å². The number of rotatable bonds is 8. The molecule has 0 aromatic heterocycles. The van der Waals surface area contributed by atoms with E-state index in [4.69, 9.17) is 4.74 Å². The third-order valence-corrected chi connectivity index (χ3v) is 6.63. The maximum atomic E-state index is 13.0. The van der Waals surface area contributed by atoms with Gasteiger partial charge in [0.15, 0.2) is 0 Å². The number of benzene rings is 1. The van der Waals surface area contributed by atoms with Crippen molar-refractivity contribution in [3.63, 3.8) is 0 Å². The predicted molar refractivity (Wildman–Crippen MR) is 106 cm³/mol. The normalized spacial score (nSPS) is 17.1. The van der Waals surface area contributed by atoms with Crippen LogP contribution < -0.4 is 15.4 Å². The third kappa shape index (κ3) is 5.67. The maximum Gasteiger partial charge on any atom is 0.255 e. The zero-order chi connectivity index (χ0) is 19.9. The number of amides is 1. The first-order valence-electron chi connectivity index (χ1n) is 9.60. The molecule has 0 aliphatic carbocycles. The van der Waals surface area contributed by atoms with Crippen molar-refractivity contribution in [2.75, 3.05) is 33.3 Å². The van der Waals surface area contributed by atoms with Crippen LogP contribution in [-0.2, 0) is 10.0 Å². The van der Waals surface area contributed by atoms with Crippen molar-refractivity contribution in [3.05, 3.63) is 23.8 Å².